The van der Waals surface area contributed by atoms with Crippen molar-refractivity contribution in [3.63, 3.8) is 0 Å². The van der Waals surface area contributed by atoms with Crippen molar-refractivity contribution in [1.82, 2.24) is 0 Å². The van der Waals surface area contributed by atoms with Gasteiger partial charge < -0.3 is 4.43 Å². The second kappa shape index (κ2) is 11.3. The Labute approximate surface area is 138 Å². The van der Waals surface area contributed by atoms with Crippen LogP contribution < -0.4 is 0 Å². The van der Waals surface area contributed by atoms with Gasteiger partial charge in [-0.2, -0.15) is 0 Å². The highest BCUT2D eigenvalue weighted by Gasteiger charge is 2.14. The van der Waals surface area contributed by atoms with Crippen molar-refractivity contribution in [2.75, 3.05) is 12.5 Å². The van der Waals surface area contributed by atoms with Gasteiger partial charge in [0.05, 0.1) is 6.61 Å². The normalized spacial score (nSPS) is 13.5. The van der Waals surface area contributed by atoms with Crippen LogP contribution in [0, 0.1) is 0 Å². The molecule has 0 spiro atoms. The fraction of sp³-hybridized carbons (Fsp3) is 0.667. The lowest BCUT2D eigenvalue weighted by atomic mass is 10.1. The van der Waals surface area contributed by atoms with Crippen molar-refractivity contribution in [1.29, 1.82) is 0 Å². The van der Waals surface area contributed by atoms with E-state index < -0.39 is 8.32 Å². The molecule has 0 amide bonds. The Morgan fingerprint density at radius 3 is 2.10 bits per heavy atom. The van der Waals surface area contributed by atoms with E-state index >= 15 is 0 Å². The summed E-state index contributed by atoms with van der Waals surface area (Å²) in [5.41, 5.74) is 4.21. The average molecular weight is 329 g/mol. The molecule has 0 aliphatic carbocycles. The molecular formula is C18H33ClOSi. The number of alkyl halides is 1. The molecule has 0 saturated carbocycles. The van der Waals surface area contributed by atoms with Crippen LogP contribution in [0.2, 0.25) is 19.6 Å². The van der Waals surface area contributed by atoms with Gasteiger partial charge in [0.25, 0.3) is 0 Å². The third kappa shape index (κ3) is 14.4. The molecule has 21 heavy (non-hydrogen) atoms. The molecule has 0 bridgehead atoms. The highest BCUT2D eigenvalue weighted by molar-refractivity contribution is 6.69. The van der Waals surface area contributed by atoms with Crippen LogP contribution >= 0.6 is 11.6 Å². The summed E-state index contributed by atoms with van der Waals surface area (Å²) in [6, 6.07) is 0. The van der Waals surface area contributed by atoms with Gasteiger partial charge in [0.1, 0.15) is 0 Å². The summed E-state index contributed by atoms with van der Waals surface area (Å²) in [6.07, 6.45) is 11.2. The van der Waals surface area contributed by atoms with E-state index in [2.05, 4.69) is 58.6 Å². The van der Waals surface area contributed by atoms with Crippen molar-refractivity contribution in [2.24, 2.45) is 0 Å². The van der Waals surface area contributed by atoms with Gasteiger partial charge in [0, 0.05) is 5.88 Å². The van der Waals surface area contributed by atoms with Crippen molar-refractivity contribution in [3.8, 4) is 0 Å². The van der Waals surface area contributed by atoms with Gasteiger partial charge in [-0.3, -0.25) is 0 Å². The van der Waals surface area contributed by atoms with E-state index in [0.717, 1.165) is 32.3 Å². The third-order valence-electron chi connectivity index (χ3n) is 3.11. The number of rotatable bonds is 10. The summed E-state index contributed by atoms with van der Waals surface area (Å²) >= 11 is 5.84. The third-order valence-corrected chi connectivity index (χ3v) is 4.27. The summed E-state index contributed by atoms with van der Waals surface area (Å²) in [5.74, 6) is 0.577. The van der Waals surface area contributed by atoms with Crippen LogP contribution in [0.25, 0.3) is 0 Å². The fourth-order valence-corrected chi connectivity index (χ4v) is 2.68. The monoisotopic (exact) mass is 328 g/mol. The van der Waals surface area contributed by atoms with Crippen molar-refractivity contribution in [3.05, 3.63) is 34.9 Å². The van der Waals surface area contributed by atoms with Crippen LogP contribution in [0.1, 0.15) is 46.5 Å². The molecule has 0 fully saturated rings. The molecular weight excluding hydrogens is 296 g/mol. The molecule has 3 heteroatoms. The van der Waals surface area contributed by atoms with E-state index in [4.69, 9.17) is 16.0 Å². The van der Waals surface area contributed by atoms with E-state index in [1.54, 1.807) is 0 Å². The smallest absolute Gasteiger partial charge is 0.184 e. The Morgan fingerprint density at radius 1 is 0.952 bits per heavy atom. The molecule has 0 N–H and O–H groups in total. The van der Waals surface area contributed by atoms with Crippen LogP contribution in [0.15, 0.2) is 34.9 Å². The predicted octanol–water partition coefficient (Wildman–Crippen LogP) is 6.48. The molecule has 122 valence electrons. The topological polar surface area (TPSA) is 9.23 Å². The maximum atomic E-state index is 5.98. The minimum absolute atomic E-state index is 0.577. The van der Waals surface area contributed by atoms with Crippen LogP contribution in [0.3, 0.4) is 0 Å². The summed E-state index contributed by atoms with van der Waals surface area (Å²) < 4.78 is 5.98. The summed E-state index contributed by atoms with van der Waals surface area (Å²) in [5, 5.41) is 0. The highest BCUT2D eigenvalue weighted by atomic mass is 35.5. The summed E-state index contributed by atoms with van der Waals surface area (Å²) in [6.45, 7) is 13.9. The molecule has 0 rings (SSSR count). The maximum Gasteiger partial charge on any atom is 0.184 e. The Bertz CT molecular complexity index is 371. The maximum absolute atomic E-state index is 5.98. The molecule has 1 nitrogen and oxygen atoms in total. The second-order valence-electron chi connectivity index (χ2n) is 6.83. The fourth-order valence-electron chi connectivity index (χ4n) is 1.85. The van der Waals surface area contributed by atoms with Gasteiger partial charge >= 0.3 is 0 Å². The van der Waals surface area contributed by atoms with Crippen LogP contribution in [-0.4, -0.2) is 20.8 Å². The van der Waals surface area contributed by atoms with Crippen molar-refractivity contribution >= 4 is 19.9 Å². The second-order valence-corrected chi connectivity index (χ2v) is 11.6. The first-order valence-electron chi connectivity index (χ1n) is 7.91. The lowest BCUT2D eigenvalue weighted by Crippen LogP contribution is -2.26. The van der Waals surface area contributed by atoms with Crippen LogP contribution in [-0.2, 0) is 4.43 Å². The summed E-state index contributed by atoms with van der Waals surface area (Å²) in [7, 11) is -1.44. The van der Waals surface area contributed by atoms with Crippen LogP contribution in [0.4, 0.5) is 0 Å². The first kappa shape index (κ1) is 20.7. The zero-order chi connectivity index (χ0) is 16.3. The minimum atomic E-state index is -1.44. The Morgan fingerprint density at radius 2 is 1.57 bits per heavy atom. The van der Waals surface area contributed by atoms with Gasteiger partial charge in [0.2, 0.25) is 0 Å². The van der Waals surface area contributed by atoms with E-state index in [9.17, 15) is 0 Å². The Hall–Kier alpha value is -0.313. The Kier molecular flexibility index (Phi) is 11.1. The lowest BCUT2D eigenvalue weighted by Gasteiger charge is -2.18. The summed E-state index contributed by atoms with van der Waals surface area (Å²) in [4.78, 5) is 0. The van der Waals surface area contributed by atoms with Crippen molar-refractivity contribution < 1.29 is 4.43 Å². The first-order chi connectivity index (χ1) is 9.74. The van der Waals surface area contributed by atoms with Gasteiger partial charge in [-0.15, -0.1) is 11.6 Å². The largest absolute Gasteiger partial charge is 0.414 e. The van der Waals surface area contributed by atoms with E-state index in [-0.39, 0.29) is 0 Å². The zero-order valence-corrected chi connectivity index (χ0v) is 16.5. The number of halogens is 1. The van der Waals surface area contributed by atoms with E-state index in [1.807, 2.05) is 0 Å². The average Bonchev–Trinajstić information content (AvgIpc) is 2.34. The quantitative estimate of drug-likeness (QED) is 0.253. The molecule has 0 aromatic carbocycles. The molecule has 0 saturated heterocycles. The van der Waals surface area contributed by atoms with Crippen molar-refractivity contribution in [2.45, 2.75) is 66.1 Å². The van der Waals surface area contributed by atoms with Gasteiger partial charge in [-0.25, -0.2) is 0 Å². The van der Waals surface area contributed by atoms with E-state index in [1.165, 1.54) is 16.7 Å². The highest BCUT2D eigenvalue weighted by Crippen LogP contribution is 2.14. The first-order valence-corrected chi connectivity index (χ1v) is 11.9. The molecule has 0 atom stereocenters. The SMILES string of the molecule is CC(C)=CCC/C(C)=C/CC/C(=C/CCl)CO[Si](C)(C)C. The number of hydrogen-bond donors (Lipinski definition) is 0. The standard InChI is InChI=1S/C18H33ClOSi/c1-16(2)9-7-10-17(3)11-8-12-18(13-14-19)15-20-21(4,5)6/h9,11,13H,7-8,10,12,14-15H2,1-6H3/b17-11+,18-13-. The minimum Gasteiger partial charge on any atom is -0.414 e. The van der Waals surface area contributed by atoms with Gasteiger partial charge in [-0.05, 0) is 71.7 Å². The molecule has 0 aliphatic rings. The predicted molar refractivity (Wildman–Crippen MR) is 99.8 cm³/mol. The molecule has 0 aromatic rings. The van der Waals surface area contributed by atoms with Crippen LogP contribution in [0.5, 0.6) is 0 Å². The van der Waals surface area contributed by atoms with E-state index in [0.29, 0.717) is 5.88 Å². The number of hydrogen-bond acceptors (Lipinski definition) is 1. The van der Waals surface area contributed by atoms with Gasteiger partial charge in [0.15, 0.2) is 8.32 Å². The Balaban J connectivity index is 4.19. The molecule has 0 heterocycles. The van der Waals surface area contributed by atoms with Gasteiger partial charge in [-0.1, -0.05) is 29.4 Å². The molecule has 0 aliphatic heterocycles. The lowest BCUT2D eigenvalue weighted by molar-refractivity contribution is 0.342. The molecule has 0 unspecified atom stereocenters. The molecule has 0 aromatic heterocycles. The molecule has 0 radical (unpaired) electrons. The zero-order valence-electron chi connectivity index (χ0n) is 14.8. The number of allylic oxidation sites excluding steroid dienone is 5.